The molecule has 0 spiro atoms. The molecule has 0 fully saturated rings. The number of hydrogen-bond donors (Lipinski definition) is 7. The van der Waals surface area contributed by atoms with Gasteiger partial charge in [0.2, 0.25) is 0 Å². The van der Waals surface area contributed by atoms with Crippen LogP contribution in [-0.4, -0.2) is 106 Å². The third kappa shape index (κ3) is 23.4. The minimum absolute atomic E-state index is 0.00611. The Morgan fingerprint density at radius 1 is 0.543 bits per heavy atom. The lowest BCUT2D eigenvalue weighted by Crippen LogP contribution is -2.44. The number of amides is 4. The molecule has 0 saturated carbocycles. The van der Waals surface area contributed by atoms with E-state index in [1.165, 1.54) is 11.1 Å². The first-order valence-electron chi connectivity index (χ1n) is 23.4. The van der Waals surface area contributed by atoms with Crippen LogP contribution in [0.4, 0.5) is 19.2 Å². The van der Waals surface area contributed by atoms with Crippen molar-refractivity contribution in [3.63, 3.8) is 0 Å². The highest BCUT2D eigenvalue weighted by Gasteiger charge is 2.30. The number of nitrogens with one attached hydrogen (secondary N) is 4. The summed E-state index contributed by atoms with van der Waals surface area (Å²) >= 11 is 0. The van der Waals surface area contributed by atoms with Crippen LogP contribution in [0.5, 0.6) is 0 Å². The predicted octanol–water partition coefficient (Wildman–Crippen LogP) is 9.34. The average Bonchev–Trinajstić information content (AvgIpc) is 3.56. The van der Waals surface area contributed by atoms with Gasteiger partial charge in [0.25, 0.3) is 0 Å². The van der Waals surface area contributed by atoms with Crippen molar-refractivity contribution in [3.05, 3.63) is 95.1 Å². The number of hydrogen-bond acceptors (Lipinski definition) is 11. The van der Waals surface area contributed by atoms with Crippen molar-refractivity contribution < 1.29 is 67.8 Å². The van der Waals surface area contributed by atoms with Gasteiger partial charge in [-0.05, 0) is 123 Å². The fourth-order valence-electron chi connectivity index (χ4n) is 6.75. The van der Waals surface area contributed by atoms with Gasteiger partial charge in [-0.15, -0.1) is 0 Å². The van der Waals surface area contributed by atoms with Crippen LogP contribution < -0.4 is 21.3 Å². The lowest BCUT2D eigenvalue weighted by atomic mass is 9.98. The first-order valence-corrected chi connectivity index (χ1v) is 23.4. The maximum atomic E-state index is 12.2. The number of carbonyl (C=O) groups excluding carboxylic acids is 4. The molecule has 18 heteroatoms. The molecule has 0 saturated heterocycles. The fraction of sp³-hybridized carbons (Fsp3) is 0.519. The summed E-state index contributed by atoms with van der Waals surface area (Å²) in [6.45, 7) is 20.0. The minimum atomic E-state index is -1.13. The molecule has 0 unspecified atom stereocenters. The van der Waals surface area contributed by atoms with Gasteiger partial charge in [0, 0.05) is 18.9 Å². The highest BCUT2D eigenvalue weighted by Crippen LogP contribution is 2.44. The van der Waals surface area contributed by atoms with Crippen LogP contribution in [0.2, 0.25) is 0 Å². The van der Waals surface area contributed by atoms with Gasteiger partial charge in [0.15, 0.2) is 0 Å². The molecule has 386 valence electrons. The largest absolute Gasteiger partial charge is 0.480 e. The third-order valence-corrected chi connectivity index (χ3v) is 9.91. The summed E-state index contributed by atoms with van der Waals surface area (Å²) in [5.41, 5.74) is 4.59. The van der Waals surface area contributed by atoms with E-state index in [4.69, 9.17) is 29.2 Å². The molecule has 0 aromatic heterocycles. The first kappa shape index (κ1) is 59.3. The summed E-state index contributed by atoms with van der Waals surface area (Å²) in [6, 6.07) is 20.8. The van der Waals surface area contributed by atoms with Gasteiger partial charge in [-0.25, -0.2) is 33.6 Å². The van der Waals surface area contributed by atoms with Crippen LogP contribution in [0.25, 0.3) is 11.1 Å². The van der Waals surface area contributed by atoms with Gasteiger partial charge >= 0.3 is 42.3 Å². The van der Waals surface area contributed by atoms with Crippen LogP contribution in [0, 0.1) is 6.92 Å². The molecule has 1 aliphatic carbocycles. The number of ether oxygens (including phenoxy) is 4. The van der Waals surface area contributed by atoms with E-state index in [0.717, 1.165) is 35.1 Å². The van der Waals surface area contributed by atoms with E-state index in [0.29, 0.717) is 25.8 Å². The van der Waals surface area contributed by atoms with Crippen molar-refractivity contribution in [2.45, 2.75) is 162 Å². The van der Waals surface area contributed by atoms with Gasteiger partial charge in [-0.2, -0.15) is 0 Å². The van der Waals surface area contributed by atoms with E-state index in [2.05, 4.69) is 45.5 Å². The molecule has 3 aromatic carbocycles. The van der Waals surface area contributed by atoms with Crippen LogP contribution >= 0.6 is 0 Å². The monoisotopic (exact) mass is 979 g/mol. The van der Waals surface area contributed by atoms with E-state index < -0.39 is 77.2 Å². The van der Waals surface area contributed by atoms with E-state index >= 15 is 0 Å². The number of alkyl carbamates (subject to hydrolysis) is 4. The summed E-state index contributed by atoms with van der Waals surface area (Å²) < 4.78 is 20.6. The van der Waals surface area contributed by atoms with Crippen LogP contribution in [0.15, 0.2) is 72.8 Å². The van der Waals surface area contributed by atoms with E-state index in [1.54, 1.807) is 62.3 Å². The summed E-state index contributed by atoms with van der Waals surface area (Å²) in [6.07, 6.45) is 0.863. The molecular formula is C52H74N4O14. The summed E-state index contributed by atoms with van der Waals surface area (Å²) in [5, 5.41) is 37.2. The number of carboxylic acids is 3. The molecular weight excluding hydrogens is 905 g/mol. The molecule has 7 N–H and O–H groups in total. The molecule has 4 rings (SSSR count). The van der Waals surface area contributed by atoms with Gasteiger partial charge in [0.05, 0.1) is 0 Å². The standard InChI is InChI=1S/C26H32N2O6.C15H21NO4.C11H21NO4/c1-26(2,3)34-25(32)28-22(23(29)30)14-8-9-15-27-24(31)33-16-21-19-12-6-4-10-17(19)18-11-5-7-13-20(18)21;1-10-5-7-11(8-6-10)9-12(13(17)18)16-14(19)20-15(2,3)4;1-5-6-7-8(9(13)14)12-10(15)16-11(2,3)4/h4-7,10-13,21-22H,8-9,14-16H2,1-3H3,(H,27,31)(H,28,32)(H,29,30);5-8,12H,9H2,1-4H3,(H,16,19)(H,17,18);8H,5-7H2,1-4H3,(H,12,15)(H,13,14)/t22-;12-;8-/m111/s1. The number of aryl methyl sites for hydroxylation is 1. The number of benzene rings is 3. The Kier molecular flexibility index (Phi) is 23.7. The number of fused-ring (bicyclic) bond motifs is 3. The smallest absolute Gasteiger partial charge is 0.408 e. The lowest BCUT2D eigenvalue weighted by molar-refractivity contribution is -0.140. The van der Waals surface area contributed by atoms with E-state index in [1.807, 2.05) is 62.4 Å². The second-order valence-electron chi connectivity index (χ2n) is 19.7. The SMILES string of the molecule is CC(C)(C)OC(=O)N[C@H](CCCCNC(=O)OCC1c2ccccc2-c2ccccc21)C(=O)O.CCCC[C@@H](NC(=O)OC(C)(C)C)C(=O)O.Cc1ccc(C[C@@H](NC(=O)OC(C)(C)C)C(=O)O)cc1. The molecule has 18 nitrogen and oxygen atoms in total. The molecule has 3 aromatic rings. The van der Waals surface area contributed by atoms with Gasteiger partial charge in [0.1, 0.15) is 41.5 Å². The van der Waals surface area contributed by atoms with Gasteiger partial charge < -0.3 is 55.5 Å². The molecule has 0 aliphatic heterocycles. The first-order chi connectivity index (χ1) is 32.6. The summed E-state index contributed by atoms with van der Waals surface area (Å²) in [5.74, 6) is -3.25. The molecule has 0 bridgehead atoms. The molecule has 3 atom stereocenters. The maximum Gasteiger partial charge on any atom is 0.408 e. The van der Waals surface area contributed by atoms with E-state index in [-0.39, 0.29) is 25.4 Å². The Balaban J connectivity index is 0.000000397. The number of carboxylic acid groups (broad SMARTS) is 3. The molecule has 0 radical (unpaired) electrons. The van der Waals surface area contributed by atoms with Crippen LogP contribution in [0.1, 0.15) is 136 Å². The molecule has 0 heterocycles. The Bertz CT molecular complexity index is 2150. The second-order valence-corrected chi connectivity index (χ2v) is 19.7. The lowest BCUT2D eigenvalue weighted by Gasteiger charge is -2.22. The second kappa shape index (κ2) is 28.0. The zero-order chi connectivity index (χ0) is 52.8. The highest BCUT2D eigenvalue weighted by molar-refractivity contribution is 5.82. The topological polar surface area (TPSA) is 265 Å². The normalized spacial score (nSPS) is 13.1. The summed E-state index contributed by atoms with van der Waals surface area (Å²) in [4.78, 5) is 80.4. The zero-order valence-electron chi connectivity index (χ0n) is 42.4. The highest BCUT2D eigenvalue weighted by atomic mass is 16.6. The van der Waals surface area contributed by atoms with Crippen molar-refractivity contribution in [1.82, 2.24) is 21.3 Å². The van der Waals surface area contributed by atoms with Gasteiger partial charge in [-0.3, -0.25) is 0 Å². The third-order valence-electron chi connectivity index (χ3n) is 9.91. The Morgan fingerprint density at radius 2 is 0.943 bits per heavy atom. The Hall–Kier alpha value is -6.85. The number of unbranched alkanes of at least 4 members (excludes halogenated alkanes) is 2. The number of carbonyl (C=O) groups is 7. The van der Waals surface area contributed by atoms with Crippen molar-refractivity contribution in [3.8, 4) is 11.1 Å². The predicted molar refractivity (Wildman–Crippen MR) is 264 cm³/mol. The zero-order valence-corrected chi connectivity index (χ0v) is 42.4. The minimum Gasteiger partial charge on any atom is -0.480 e. The number of aliphatic carboxylic acids is 3. The van der Waals surface area contributed by atoms with Crippen molar-refractivity contribution >= 4 is 42.3 Å². The van der Waals surface area contributed by atoms with Crippen molar-refractivity contribution in [2.24, 2.45) is 0 Å². The molecule has 4 amide bonds. The molecule has 70 heavy (non-hydrogen) atoms. The number of rotatable bonds is 18. The van der Waals surface area contributed by atoms with Crippen molar-refractivity contribution in [1.29, 1.82) is 0 Å². The quantitative estimate of drug-likeness (QED) is 0.0463. The summed E-state index contributed by atoms with van der Waals surface area (Å²) in [7, 11) is 0. The average molecular weight is 979 g/mol. The fourth-order valence-corrected chi connectivity index (χ4v) is 6.75. The van der Waals surface area contributed by atoms with Gasteiger partial charge in [-0.1, -0.05) is 98.1 Å². The van der Waals surface area contributed by atoms with Crippen LogP contribution in [-0.2, 0) is 39.8 Å². The van der Waals surface area contributed by atoms with Crippen molar-refractivity contribution in [2.75, 3.05) is 13.2 Å². The maximum absolute atomic E-state index is 12.2. The van der Waals surface area contributed by atoms with Crippen LogP contribution in [0.3, 0.4) is 0 Å². The van der Waals surface area contributed by atoms with E-state index in [9.17, 15) is 38.7 Å². The Morgan fingerprint density at radius 3 is 1.34 bits per heavy atom. The Labute approximate surface area is 411 Å². The molecule has 1 aliphatic rings.